The largest absolute Gasteiger partial charge is 0.353 e. The SMILES string of the molecule is CC(=O)C(NC(=O)[C@H](C)N)(C(=O)[C@H](C)N)c1cccc2c1Nc1ccccc1S2. The fourth-order valence-electron chi connectivity index (χ4n) is 3.32. The van der Waals surface area contributed by atoms with Crippen LogP contribution in [0.4, 0.5) is 11.4 Å². The number of hydrogen-bond donors (Lipinski definition) is 4. The van der Waals surface area contributed by atoms with Gasteiger partial charge in [0.05, 0.1) is 23.5 Å². The maximum Gasteiger partial charge on any atom is 0.238 e. The Balaban J connectivity index is 2.24. The molecule has 0 bridgehead atoms. The van der Waals surface area contributed by atoms with Gasteiger partial charge in [0.15, 0.2) is 17.1 Å². The minimum Gasteiger partial charge on any atom is -0.353 e. The summed E-state index contributed by atoms with van der Waals surface area (Å²) in [5.74, 6) is -1.75. The second kappa shape index (κ2) is 7.98. The normalized spacial score (nSPS) is 16.3. The van der Waals surface area contributed by atoms with Gasteiger partial charge in [-0.1, -0.05) is 36.0 Å². The molecule has 3 rings (SSSR count). The number of para-hydroxylation sites is 2. The lowest BCUT2D eigenvalue weighted by Crippen LogP contribution is -2.62. The zero-order chi connectivity index (χ0) is 21.3. The van der Waals surface area contributed by atoms with Crippen LogP contribution in [-0.4, -0.2) is 29.6 Å². The number of fused-ring (bicyclic) bond motifs is 2. The lowest BCUT2D eigenvalue weighted by molar-refractivity contribution is -0.141. The quantitative estimate of drug-likeness (QED) is 0.456. The predicted molar refractivity (Wildman–Crippen MR) is 113 cm³/mol. The van der Waals surface area contributed by atoms with Gasteiger partial charge in [0.25, 0.3) is 0 Å². The molecule has 0 aliphatic carbocycles. The van der Waals surface area contributed by atoms with E-state index in [1.165, 1.54) is 32.5 Å². The summed E-state index contributed by atoms with van der Waals surface area (Å²) < 4.78 is 0. The highest BCUT2D eigenvalue weighted by molar-refractivity contribution is 7.99. The maximum atomic E-state index is 13.3. The average molecular weight is 413 g/mol. The van der Waals surface area contributed by atoms with E-state index in [0.29, 0.717) is 11.3 Å². The lowest BCUT2D eigenvalue weighted by atomic mass is 9.78. The molecule has 2 aromatic carbocycles. The maximum absolute atomic E-state index is 13.3. The third-order valence-corrected chi connectivity index (χ3v) is 5.97. The smallest absolute Gasteiger partial charge is 0.238 e. The van der Waals surface area contributed by atoms with Gasteiger partial charge in [0.2, 0.25) is 5.91 Å². The van der Waals surface area contributed by atoms with Crippen LogP contribution in [0.15, 0.2) is 52.3 Å². The number of nitrogens with two attached hydrogens (primary N) is 2. The van der Waals surface area contributed by atoms with E-state index in [0.717, 1.165) is 15.5 Å². The number of amides is 1. The Bertz CT molecular complexity index is 990. The molecule has 1 amide bonds. The third-order valence-electron chi connectivity index (χ3n) is 4.83. The summed E-state index contributed by atoms with van der Waals surface area (Å²) in [4.78, 5) is 40.6. The van der Waals surface area contributed by atoms with Gasteiger partial charge in [0.1, 0.15) is 0 Å². The minimum absolute atomic E-state index is 0.348. The highest BCUT2D eigenvalue weighted by Gasteiger charge is 2.49. The summed E-state index contributed by atoms with van der Waals surface area (Å²) in [5.41, 5.74) is 11.4. The number of Topliss-reactive ketones (excluding diaryl/α,β-unsaturated/α-hetero) is 2. The number of anilines is 2. The molecule has 6 N–H and O–H groups in total. The third kappa shape index (κ3) is 3.66. The predicted octanol–water partition coefficient (Wildman–Crippen LogP) is 2.06. The number of nitrogens with one attached hydrogen (secondary N) is 2. The van der Waals surface area contributed by atoms with Crippen molar-refractivity contribution in [2.75, 3.05) is 5.32 Å². The Hall–Kier alpha value is -2.68. The highest BCUT2D eigenvalue weighted by Crippen LogP contribution is 2.47. The first kappa shape index (κ1) is 21.0. The van der Waals surface area contributed by atoms with E-state index in [4.69, 9.17) is 11.5 Å². The molecule has 0 saturated heterocycles. The van der Waals surface area contributed by atoms with Crippen molar-refractivity contribution in [3.05, 3.63) is 48.0 Å². The van der Waals surface area contributed by atoms with Crippen LogP contribution in [0, 0.1) is 0 Å². The van der Waals surface area contributed by atoms with Gasteiger partial charge in [-0.3, -0.25) is 14.4 Å². The Labute approximate surface area is 173 Å². The molecule has 1 aliphatic heterocycles. The second-order valence-electron chi connectivity index (χ2n) is 7.14. The van der Waals surface area contributed by atoms with Gasteiger partial charge in [0, 0.05) is 15.4 Å². The Morgan fingerprint density at radius 2 is 1.66 bits per heavy atom. The van der Waals surface area contributed by atoms with E-state index >= 15 is 0 Å². The Morgan fingerprint density at radius 1 is 1.00 bits per heavy atom. The van der Waals surface area contributed by atoms with Gasteiger partial charge in [-0.05, 0) is 39.0 Å². The summed E-state index contributed by atoms with van der Waals surface area (Å²) in [6.07, 6.45) is 0. The molecular formula is C21H24N4O3S. The van der Waals surface area contributed by atoms with Crippen molar-refractivity contribution < 1.29 is 14.4 Å². The van der Waals surface area contributed by atoms with Crippen LogP contribution >= 0.6 is 11.8 Å². The summed E-state index contributed by atoms with van der Waals surface area (Å²) in [7, 11) is 0. The van der Waals surface area contributed by atoms with E-state index in [2.05, 4.69) is 10.6 Å². The monoisotopic (exact) mass is 412 g/mol. The van der Waals surface area contributed by atoms with Gasteiger partial charge < -0.3 is 22.1 Å². The van der Waals surface area contributed by atoms with E-state index in [9.17, 15) is 14.4 Å². The fraction of sp³-hybridized carbons (Fsp3) is 0.286. The first-order valence-electron chi connectivity index (χ1n) is 9.24. The van der Waals surface area contributed by atoms with E-state index in [1.807, 2.05) is 30.3 Å². The molecule has 1 heterocycles. The molecule has 7 nitrogen and oxygen atoms in total. The Morgan fingerprint density at radius 3 is 2.28 bits per heavy atom. The molecule has 8 heteroatoms. The number of hydrogen-bond acceptors (Lipinski definition) is 7. The standard InChI is InChI=1S/C21H24N4O3S/c1-11(22)19(27)21(13(3)26,25-20(28)12(2)23)14-7-6-10-17-18(14)24-15-8-4-5-9-16(15)29-17/h4-12,24H,22-23H2,1-3H3,(H,25,28)/t11-,12-,21?/m0/s1. The molecule has 1 aliphatic rings. The molecule has 29 heavy (non-hydrogen) atoms. The number of carbonyl (C=O) groups excluding carboxylic acids is 3. The summed E-state index contributed by atoms with van der Waals surface area (Å²) >= 11 is 1.52. The van der Waals surface area contributed by atoms with Gasteiger partial charge in [-0.2, -0.15) is 0 Å². The average Bonchev–Trinajstić information content (AvgIpc) is 2.69. The lowest BCUT2D eigenvalue weighted by Gasteiger charge is -2.36. The number of ketones is 2. The molecule has 0 spiro atoms. The highest BCUT2D eigenvalue weighted by atomic mass is 32.2. The molecule has 0 aromatic heterocycles. The van der Waals surface area contributed by atoms with Crippen molar-refractivity contribution >= 4 is 40.6 Å². The van der Waals surface area contributed by atoms with Crippen molar-refractivity contribution in [1.82, 2.24) is 5.32 Å². The summed E-state index contributed by atoms with van der Waals surface area (Å²) in [6.45, 7) is 4.25. The fourth-order valence-corrected chi connectivity index (χ4v) is 4.34. The first-order valence-corrected chi connectivity index (χ1v) is 10.1. The zero-order valence-electron chi connectivity index (χ0n) is 16.5. The number of carbonyl (C=O) groups is 3. The van der Waals surface area contributed by atoms with Gasteiger partial charge in [-0.25, -0.2) is 0 Å². The Kier molecular flexibility index (Phi) is 5.79. The van der Waals surface area contributed by atoms with E-state index in [1.54, 1.807) is 12.1 Å². The van der Waals surface area contributed by atoms with Crippen molar-refractivity contribution in [2.45, 2.75) is 48.2 Å². The molecule has 152 valence electrons. The van der Waals surface area contributed by atoms with Crippen LogP contribution < -0.4 is 22.1 Å². The summed E-state index contributed by atoms with van der Waals surface area (Å²) in [6, 6.07) is 11.1. The minimum atomic E-state index is -1.94. The summed E-state index contributed by atoms with van der Waals surface area (Å²) in [5, 5.41) is 5.93. The van der Waals surface area contributed by atoms with Gasteiger partial charge >= 0.3 is 0 Å². The van der Waals surface area contributed by atoms with Crippen molar-refractivity contribution in [3.8, 4) is 0 Å². The molecule has 1 unspecified atom stereocenters. The van der Waals surface area contributed by atoms with Crippen molar-refractivity contribution in [1.29, 1.82) is 0 Å². The number of rotatable bonds is 6. The first-order chi connectivity index (χ1) is 13.7. The van der Waals surface area contributed by atoms with Crippen molar-refractivity contribution in [3.63, 3.8) is 0 Å². The van der Waals surface area contributed by atoms with Crippen LogP contribution in [0.3, 0.4) is 0 Å². The van der Waals surface area contributed by atoms with E-state index in [-0.39, 0.29) is 0 Å². The molecular weight excluding hydrogens is 388 g/mol. The zero-order valence-corrected chi connectivity index (χ0v) is 17.3. The molecule has 2 aromatic rings. The second-order valence-corrected chi connectivity index (χ2v) is 8.22. The van der Waals surface area contributed by atoms with Crippen molar-refractivity contribution in [2.24, 2.45) is 11.5 Å². The molecule has 0 fully saturated rings. The number of benzene rings is 2. The molecule has 3 atom stereocenters. The van der Waals surface area contributed by atoms with Crippen LogP contribution in [0.1, 0.15) is 26.3 Å². The van der Waals surface area contributed by atoms with Crippen LogP contribution in [-0.2, 0) is 19.9 Å². The van der Waals surface area contributed by atoms with Gasteiger partial charge in [-0.15, -0.1) is 0 Å². The topological polar surface area (TPSA) is 127 Å². The molecule has 0 radical (unpaired) electrons. The van der Waals surface area contributed by atoms with Crippen LogP contribution in [0.5, 0.6) is 0 Å². The van der Waals surface area contributed by atoms with Crippen LogP contribution in [0.2, 0.25) is 0 Å². The molecule has 0 saturated carbocycles. The van der Waals surface area contributed by atoms with Crippen LogP contribution in [0.25, 0.3) is 0 Å². The van der Waals surface area contributed by atoms with E-state index < -0.39 is 35.1 Å².